The summed E-state index contributed by atoms with van der Waals surface area (Å²) in [6.07, 6.45) is 1.11. The number of carbonyl (C=O) groups excluding carboxylic acids is 1. The lowest BCUT2D eigenvalue weighted by Crippen LogP contribution is -2.05. The number of anilines is 2. The molecule has 1 N–H and O–H groups in total. The molecule has 31 heavy (non-hydrogen) atoms. The number of carbonyl (C=O) groups is 1. The zero-order chi connectivity index (χ0) is 21.8. The van der Waals surface area contributed by atoms with Crippen molar-refractivity contribution in [2.45, 2.75) is 12.8 Å². The van der Waals surface area contributed by atoms with Crippen molar-refractivity contribution in [1.82, 2.24) is 14.5 Å². The molecule has 0 amide bonds. The summed E-state index contributed by atoms with van der Waals surface area (Å²) in [6, 6.07) is 11.2. The lowest BCUT2D eigenvalue weighted by Gasteiger charge is -2.04. The second-order valence-electron chi connectivity index (χ2n) is 7.09. The summed E-state index contributed by atoms with van der Waals surface area (Å²) in [5.41, 5.74) is 3.24. The average molecular weight is 459 g/mol. The van der Waals surface area contributed by atoms with Crippen LogP contribution < -0.4 is 5.32 Å². The van der Waals surface area contributed by atoms with E-state index in [-0.39, 0.29) is 5.78 Å². The van der Waals surface area contributed by atoms with E-state index >= 15 is 0 Å². The number of imidazole rings is 1. The number of rotatable bonds is 10. The number of benzene rings is 2. The number of aryl methyl sites for hydroxylation is 1. The molecular formula is C22H23ClN4O3S. The highest BCUT2D eigenvalue weighted by Crippen LogP contribution is 2.31. The third kappa shape index (κ3) is 5.04. The van der Waals surface area contributed by atoms with E-state index in [4.69, 9.17) is 21.1 Å². The lowest BCUT2D eigenvalue weighted by molar-refractivity contribution is 0.0670. The highest BCUT2D eigenvalue weighted by molar-refractivity contribution is 7.22. The van der Waals surface area contributed by atoms with Crippen molar-refractivity contribution in [1.29, 1.82) is 0 Å². The molecule has 2 heterocycles. The number of aromatic nitrogens is 3. The van der Waals surface area contributed by atoms with Gasteiger partial charge in [-0.25, -0.2) is 9.97 Å². The Balaban J connectivity index is 1.46. The number of hydrogen-bond donors (Lipinski definition) is 1. The van der Waals surface area contributed by atoms with Gasteiger partial charge >= 0.3 is 0 Å². The molecule has 2 aromatic heterocycles. The van der Waals surface area contributed by atoms with Crippen molar-refractivity contribution >= 4 is 61.1 Å². The van der Waals surface area contributed by atoms with E-state index in [1.165, 1.54) is 11.3 Å². The van der Waals surface area contributed by atoms with Crippen LogP contribution in [0.25, 0.3) is 21.3 Å². The summed E-state index contributed by atoms with van der Waals surface area (Å²) in [7, 11) is 3.57. The van der Waals surface area contributed by atoms with Gasteiger partial charge in [0.1, 0.15) is 0 Å². The van der Waals surface area contributed by atoms with E-state index in [2.05, 4.69) is 15.3 Å². The van der Waals surface area contributed by atoms with E-state index in [1.807, 2.05) is 48.0 Å². The summed E-state index contributed by atoms with van der Waals surface area (Å²) in [5.74, 6) is 0.747. The molecule has 0 radical (unpaired) electrons. The monoisotopic (exact) mass is 458 g/mol. The Morgan fingerprint density at radius 3 is 2.84 bits per heavy atom. The van der Waals surface area contributed by atoms with E-state index in [0.717, 1.165) is 26.4 Å². The van der Waals surface area contributed by atoms with Gasteiger partial charge in [-0.3, -0.25) is 4.79 Å². The molecule has 0 bridgehead atoms. The Labute approximate surface area is 189 Å². The molecule has 0 saturated carbocycles. The van der Waals surface area contributed by atoms with Gasteiger partial charge in [0.2, 0.25) is 5.95 Å². The Kier molecular flexibility index (Phi) is 6.82. The summed E-state index contributed by atoms with van der Waals surface area (Å²) in [6.45, 7) is 1.65. The number of ether oxygens (including phenoxy) is 2. The van der Waals surface area contributed by atoms with Crippen LogP contribution in [0.3, 0.4) is 0 Å². The third-order valence-electron chi connectivity index (χ3n) is 4.90. The minimum absolute atomic E-state index is 0.0838. The fraction of sp³-hybridized carbons (Fsp3) is 0.318. The maximum absolute atomic E-state index is 12.5. The molecule has 9 heteroatoms. The Morgan fingerprint density at radius 2 is 2.00 bits per heavy atom. The van der Waals surface area contributed by atoms with E-state index in [0.29, 0.717) is 49.2 Å². The molecule has 162 valence electrons. The number of halogens is 1. The van der Waals surface area contributed by atoms with Crippen molar-refractivity contribution in [3.8, 4) is 0 Å². The molecule has 0 spiro atoms. The Hall–Kier alpha value is -2.52. The van der Waals surface area contributed by atoms with Gasteiger partial charge in [0.25, 0.3) is 0 Å². The molecule has 2 aromatic carbocycles. The Morgan fingerprint density at radius 1 is 1.13 bits per heavy atom. The van der Waals surface area contributed by atoms with E-state index in [1.54, 1.807) is 7.11 Å². The first-order chi connectivity index (χ1) is 15.0. The molecule has 0 fully saturated rings. The fourth-order valence-electron chi connectivity index (χ4n) is 3.26. The molecule has 4 rings (SSSR count). The maximum atomic E-state index is 12.5. The van der Waals surface area contributed by atoms with Crippen LogP contribution in [0, 0.1) is 0 Å². The number of thiazole rings is 1. The van der Waals surface area contributed by atoms with Crippen LogP contribution in [0.15, 0.2) is 36.4 Å². The van der Waals surface area contributed by atoms with Crippen LogP contribution in [0.4, 0.5) is 11.1 Å². The highest BCUT2D eigenvalue weighted by Gasteiger charge is 2.13. The highest BCUT2D eigenvalue weighted by atomic mass is 35.5. The van der Waals surface area contributed by atoms with Crippen LogP contribution in [0.1, 0.15) is 23.2 Å². The predicted octanol–water partition coefficient (Wildman–Crippen LogP) is 5.21. The van der Waals surface area contributed by atoms with Crippen LogP contribution in [-0.4, -0.2) is 47.2 Å². The first-order valence-electron chi connectivity index (χ1n) is 9.94. The van der Waals surface area contributed by atoms with Gasteiger partial charge in [-0.15, -0.1) is 0 Å². The van der Waals surface area contributed by atoms with Crippen LogP contribution in [-0.2, 0) is 16.5 Å². The number of ketones is 1. The van der Waals surface area contributed by atoms with Crippen molar-refractivity contribution in [3.05, 3.63) is 47.0 Å². The minimum atomic E-state index is 0.0838. The molecule has 4 aromatic rings. The number of methoxy groups -OCH3 is 1. The number of Topliss-reactive ketones (excluding diaryl/α,β-unsaturated/α-hetero) is 1. The molecule has 0 atom stereocenters. The van der Waals surface area contributed by atoms with Gasteiger partial charge in [0.05, 0.1) is 34.5 Å². The summed E-state index contributed by atoms with van der Waals surface area (Å²) in [4.78, 5) is 21.8. The molecule has 0 aliphatic carbocycles. The van der Waals surface area contributed by atoms with Gasteiger partial charge in [0, 0.05) is 37.8 Å². The largest absolute Gasteiger partial charge is 0.382 e. The zero-order valence-electron chi connectivity index (χ0n) is 17.4. The number of fused-ring (bicyclic) bond motifs is 2. The second kappa shape index (κ2) is 9.74. The fourth-order valence-corrected chi connectivity index (χ4v) is 4.39. The average Bonchev–Trinajstić information content (AvgIpc) is 3.30. The quantitative estimate of drug-likeness (QED) is 0.260. The molecular weight excluding hydrogens is 436 g/mol. The topological polar surface area (TPSA) is 78.3 Å². The van der Waals surface area contributed by atoms with Crippen LogP contribution in [0.5, 0.6) is 0 Å². The van der Waals surface area contributed by atoms with Gasteiger partial charge in [0.15, 0.2) is 10.9 Å². The first-order valence-corrected chi connectivity index (χ1v) is 11.1. The summed E-state index contributed by atoms with van der Waals surface area (Å²) in [5, 5.41) is 4.70. The smallest absolute Gasteiger partial charge is 0.209 e. The number of hydrogen-bond acceptors (Lipinski definition) is 7. The first kappa shape index (κ1) is 21.7. The summed E-state index contributed by atoms with van der Waals surface area (Å²) < 4.78 is 13.3. The van der Waals surface area contributed by atoms with Crippen LogP contribution in [0.2, 0.25) is 5.02 Å². The van der Waals surface area contributed by atoms with Crippen molar-refractivity contribution < 1.29 is 14.3 Å². The van der Waals surface area contributed by atoms with Crippen molar-refractivity contribution in [2.75, 3.05) is 32.2 Å². The SMILES string of the molecule is COCCOCCCC(=O)c1ccc2c(c1)nc(Nc1nc3ccc(Cl)cc3s1)n2C. The van der Waals surface area contributed by atoms with E-state index in [9.17, 15) is 4.79 Å². The molecule has 0 aliphatic heterocycles. The predicted molar refractivity (Wildman–Crippen MR) is 125 cm³/mol. The van der Waals surface area contributed by atoms with Gasteiger partial charge in [-0.1, -0.05) is 22.9 Å². The minimum Gasteiger partial charge on any atom is -0.382 e. The normalized spacial score (nSPS) is 11.5. The van der Waals surface area contributed by atoms with Gasteiger partial charge in [-0.05, 0) is 42.8 Å². The van der Waals surface area contributed by atoms with Gasteiger partial charge in [-0.2, -0.15) is 0 Å². The van der Waals surface area contributed by atoms with Crippen molar-refractivity contribution in [3.63, 3.8) is 0 Å². The molecule has 7 nitrogen and oxygen atoms in total. The molecule has 0 aliphatic rings. The molecule has 0 saturated heterocycles. The summed E-state index contributed by atoms with van der Waals surface area (Å²) >= 11 is 7.58. The van der Waals surface area contributed by atoms with Crippen LogP contribution >= 0.6 is 22.9 Å². The second-order valence-corrected chi connectivity index (χ2v) is 8.55. The van der Waals surface area contributed by atoms with E-state index < -0.39 is 0 Å². The zero-order valence-corrected chi connectivity index (χ0v) is 18.9. The third-order valence-corrected chi connectivity index (χ3v) is 6.07. The number of nitrogens with one attached hydrogen (secondary N) is 1. The van der Waals surface area contributed by atoms with Crippen molar-refractivity contribution in [2.24, 2.45) is 7.05 Å². The molecule has 0 unspecified atom stereocenters. The Bertz CT molecular complexity index is 1220. The lowest BCUT2D eigenvalue weighted by atomic mass is 10.1. The maximum Gasteiger partial charge on any atom is 0.209 e. The standard InChI is InChI=1S/C22H23ClN4O3S/c1-27-18-8-5-14(19(28)4-3-9-30-11-10-29-2)12-17(18)24-21(27)26-22-25-16-7-6-15(23)13-20(16)31-22/h5-8,12-13H,3-4,9-11H2,1-2H3,(H,24,25,26). The number of nitrogens with zero attached hydrogens (tertiary/aromatic N) is 3. The van der Waals surface area contributed by atoms with Gasteiger partial charge < -0.3 is 19.4 Å².